The minimum Gasteiger partial charge on any atom is -0.484 e. The van der Waals surface area contributed by atoms with Crippen LogP contribution in [0.5, 0.6) is 5.75 Å². The predicted octanol–water partition coefficient (Wildman–Crippen LogP) is 4.61. The third kappa shape index (κ3) is 5.35. The van der Waals surface area contributed by atoms with Gasteiger partial charge in [-0.15, -0.1) is 0 Å². The molecule has 0 saturated carbocycles. The summed E-state index contributed by atoms with van der Waals surface area (Å²) >= 11 is 12.3. The Bertz CT molecular complexity index is 1420. The molecule has 1 atom stereocenters. The van der Waals surface area contributed by atoms with Crippen LogP contribution in [0.3, 0.4) is 0 Å². The lowest BCUT2D eigenvalue weighted by Crippen LogP contribution is -2.48. The molecule has 36 heavy (non-hydrogen) atoms. The van der Waals surface area contributed by atoms with Crippen LogP contribution in [-0.4, -0.2) is 43.3 Å². The first kappa shape index (κ1) is 26.0. The van der Waals surface area contributed by atoms with Gasteiger partial charge >= 0.3 is 0 Å². The van der Waals surface area contributed by atoms with Gasteiger partial charge in [0.2, 0.25) is 5.91 Å². The number of ether oxygens (including phenoxy) is 1. The minimum absolute atomic E-state index is 0.0739. The van der Waals surface area contributed by atoms with Crippen LogP contribution in [0.15, 0.2) is 47.5 Å². The molecule has 12 heteroatoms. The van der Waals surface area contributed by atoms with E-state index in [4.69, 9.17) is 27.9 Å². The van der Waals surface area contributed by atoms with E-state index in [1.54, 1.807) is 30.3 Å². The summed E-state index contributed by atoms with van der Waals surface area (Å²) in [7, 11) is -4.14. The van der Waals surface area contributed by atoms with Gasteiger partial charge in [-0.05, 0) is 42.8 Å². The molecule has 8 nitrogen and oxygen atoms in total. The number of amides is 1. The molecule has 0 fully saturated rings. The van der Waals surface area contributed by atoms with Crippen LogP contribution in [0.2, 0.25) is 10.2 Å². The smallest absolute Gasteiger partial charge is 0.269 e. The molecule has 4 rings (SSSR count). The fourth-order valence-corrected chi connectivity index (χ4v) is 5.88. The van der Waals surface area contributed by atoms with Gasteiger partial charge in [0.25, 0.3) is 10.0 Å². The van der Waals surface area contributed by atoms with E-state index in [1.807, 2.05) is 6.92 Å². The number of nitrogens with zero attached hydrogens (tertiary/aromatic N) is 3. The second-order valence-corrected chi connectivity index (χ2v) is 10.6. The molecule has 3 aromatic rings. The Balaban J connectivity index is 1.76. The van der Waals surface area contributed by atoms with E-state index >= 15 is 0 Å². The molecule has 1 N–H and O–H groups in total. The first-order valence-electron chi connectivity index (χ1n) is 11.0. The lowest BCUT2D eigenvalue weighted by Gasteiger charge is -2.35. The number of hydrogen-bond donors (Lipinski definition) is 1. The van der Waals surface area contributed by atoms with Crippen molar-refractivity contribution in [3.05, 3.63) is 69.7 Å². The molecule has 2 aromatic carbocycles. The highest BCUT2D eigenvalue weighted by Crippen LogP contribution is 2.39. The maximum Gasteiger partial charge on any atom is 0.269 e. The van der Waals surface area contributed by atoms with Gasteiger partial charge in [0.15, 0.2) is 5.15 Å². The largest absolute Gasteiger partial charge is 0.484 e. The monoisotopic (exact) mass is 552 g/mol. The van der Waals surface area contributed by atoms with Crippen molar-refractivity contribution in [1.29, 1.82) is 0 Å². The third-order valence-electron chi connectivity index (χ3n) is 5.51. The summed E-state index contributed by atoms with van der Waals surface area (Å²) in [5, 5.41) is 6.81. The molecular formula is C24H23Cl2FN4O4S. The van der Waals surface area contributed by atoms with Crippen molar-refractivity contribution in [3.63, 3.8) is 0 Å². The molecule has 190 valence electrons. The molecule has 0 unspecified atom stereocenters. The lowest BCUT2D eigenvalue weighted by molar-refractivity contribution is -0.119. The van der Waals surface area contributed by atoms with E-state index in [0.717, 1.165) is 0 Å². The first-order valence-corrected chi connectivity index (χ1v) is 13.2. The van der Waals surface area contributed by atoms with Gasteiger partial charge in [-0.25, -0.2) is 12.8 Å². The van der Waals surface area contributed by atoms with Crippen molar-refractivity contribution in [2.75, 3.05) is 17.4 Å². The molecule has 2 heterocycles. The molecule has 1 amide bonds. The summed E-state index contributed by atoms with van der Waals surface area (Å²) in [5.41, 5.74) is 1.08. The van der Waals surface area contributed by atoms with Gasteiger partial charge in [0, 0.05) is 25.2 Å². The molecule has 0 bridgehead atoms. The zero-order valence-electron chi connectivity index (χ0n) is 19.4. The van der Waals surface area contributed by atoms with Crippen molar-refractivity contribution in [1.82, 2.24) is 15.1 Å². The molecule has 0 spiro atoms. The van der Waals surface area contributed by atoms with Crippen LogP contribution in [0.25, 0.3) is 12.2 Å². The third-order valence-corrected chi connectivity index (χ3v) is 8.01. The van der Waals surface area contributed by atoms with Crippen LogP contribution in [-0.2, 0) is 21.4 Å². The van der Waals surface area contributed by atoms with E-state index in [1.165, 1.54) is 40.3 Å². The molecular weight excluding hydrogens is 530 g/mol. The molecule has 0 radical (unpaired) electrons. The van der Waals surface area contributed by atoms with Gasteiger partial charge in [-0.3, -0.25) is 13.8 Å². The van der Waals surface area contributed by atoms with Crippen LogP contribution < -0.4 is 14.4 Å². The van der Waals surface area contributed by atoms with Crippen LogP contribution in [0.4, 0.5) is 10.1 Å². The number of carbonyl (C=O) groups excluding carboxylic acids is 1. The molecule has 1 aliphatic rings. The highest BCUT2D eigenvalue weighted by atomic mass is 35.5. The SMILES string of the molecule is CCn1cc(S(=O)(=O)N2C[C@H](CNC(C)=O)Oc3ccc(/C=C/c4c(F)cccc4Cl)cc32)c(Cl)n1. The summed E-state index contributed by atoms with van der Waals surface area (Å²) in [6.45, 7) is 3.65. The Morgan fingerprint density at radius 1 is 1.28 bits per heavy atom. The first-order chi connectivity index (χ1) is 17.1. The number of fused-ring (bicyclic) bond motifs is 1. The number of aromatic nitrogens is 2. The average Bonchev–Trinajstić information content (AvgIpc) is 3.23. The summed E-state index contributed by atoms with van der Waals surface area (Å²) in [4.78, 5) is 11.3. The normalized spacial score (nSPS) is 15.6. The predicted molar refractivity (Wildman–Crippen MR) is 137 cm³/mol. The highest BCUT2D eigenvalue weighted by molar-refractivity contribution is 7.93. The van der Waals surface area contributed by atoms with Crippen molar-refractivity contribution in [2.45, 2.75) is 31.4 Å². The summed E-state index contributed by atoms with van der Waals surface area (Å²) in [5.74, 6) is -0.439. The number of benzene rings is 2. The maximum atomic E-state index is 14.2. The Kier molecular flexibility index (Phi) is 7.58. The number of sulfonamides is 1. The Morgan fingerprint density at radius 2 is 2.06 bits per heavy atom. The second kappa shape index (κ2) is 10.5. The Labute approximate surface area is 218 Å². The quantitative estimate of drug-likeness (QED) is 0.432. The van der Waals surface area contributed by atoms with Crippen molar-refractivity contribution < 1.29 is 22.3 Å². The molecule has 0 aliphatic carbocycles. The Hall–Kier alpha value is -3.08. The van der Waals surface area contributed by atoms with Gasteiger partial charge in [-0.1, -0.05) is 41.4 Å². The van der Waals surface area contributed by atoms with Gasteiger partial charge < -0.3 is 10.1 Å². The van der Waals surface area contributed by atoms with Crippen molar-refractivity contribution >= 4 is 57.0 Å². The fourth-order valence-electron chi connectivity index (χ4n) is 3.71. The number of carbonyl (C=O) groups is 1. The summed E-state index contributed by atoms with van der Waals surface area (Å²) < 4.78 is 50.2. The van der Waals surface area contributed by atoms with E-state index in [9.17, 15) is 17.6 Å². The summed E-state index contributed by atoms with van der Waals surface area (Å²) in [6, 6.07) is 9.34. The standard InChI is InChI=1S/C24H23Cl2FN4O4S/c1-3-30-14-23(24(26)29-30)36(33,34)31-13-17(12-28-15(2)32)35-22-10-8-16(11-21(22)31)7-9-18-19(25)5-4-6-20(18)27/h4-11,14,17H,3,12-13H2,1-2H3,(H,28,32)/b9-7+/t17-/m0/s1. The van der Waals surface area contributed by atoms with Crippen LogP contribution in [0.1, 0.15) is 25.0 Å². The fraction of sp³-hybridized carbons (Fsp3) is 0.250. The zero-order valence-corrected chi connectivity index (χ0v) is 21.7. The van der Waals surface area contributed by atoms with E-state index in [0.29, 0.717) is 17.9 Å². The lowest BCUT2D eigenvalue weighted by atomic mass is 10.1. The minimum atomic E-state index is -4.14. The van der Waals surface area contributed by atoms with Gasteiger partial charge in [0.05, 0.1) is 23.8 Å². The molecule has 1 aromatic heterocycles. The van der Waals surface area contributed by atoms with E-state index < -0.39 is 21.9 Å². The topological polar surface area (TPSA) is 93.5 Å². The average molecular weight is 553 g/mol. The van der Waals surface area contributed by atoms with Crippen molar-refractivity contribution in [3.8, 4) is 5.75 Å². The number of hydrogen-bond acceptors (Lipinski definition) is 5. The number of rotatable bonds is 7. The molecule has 0 saturated heterocycles. The van der Waals surface area contributed by atoms with Gasteiger partial charge in [-0.2, -0.15) is 5.10 Å². The highest BCUT2D eigenvalue weighted by Gasteiger charge is 2.37. The zero-order chi connectivity index (χ0) is 26.0. The van der Waals surface area contributed by atoms with Crippen LogP contribution >= 0.6 is 23.2 Å². The summed E-state index contributed by atoms with van der Waals surface area (Å²) in [6.07, 6.45) is 3.87. The number of aryl methyl sites for hydroxylation is 1. The van der Waals surface area contributed by atoms with E-state index in [2.05, 4.69) is 10.4 Å². The van der Waals surface area contributed by atoms with Crippen molar-refractivity contribution in [2.24, 2.45) is 0 Å². The second-order valence-electron chi connectivity index (χ2n) is 8.05. The number of anilines is 1. The van der Waals surface area contributed by atoms with E-state index in [-0.39, 0.29) is 45.3 Å². The molecule has 1 aliphatic heterocycles. The van der Waals surface area contributed by atoms with Crippen LogP contribution in [0, 0.1) is 5.82 Å². The number of nitrogens with one attached hydrogen (secondary N) is 1. The Morgan fingerprint density at radius 3 is 2.72 bits per heavy atom. The maximum absolute atomic E-state index is 14.2. The number of halogens is 3. The van der Waals surface area contributed by atoms with Gasteiger partial charge in [0.1, 0.15) is 22.6 Å².